The zero-order valence-electron chi connectivity index (χ0n) is 14.4. The Morgan fingerprint density at radius 2 is 2.17 bits per heavy atom. The number of rotatable bonds is 2. The van der Waals surface area contributed by atoms with Crippen LogP contribution in [0.25, 0.3) is 0 Å². The van der Waals surface area contributed by atoms with Gasteiger partial charge in [-0.2, -0.15) is 5.10 Å². The maximum absolute atomic E-state index is 12.8. The van der Waals surface area contributed by atoms with Crippen LogP contribution in [0.2, 0.25) is 5.15 Å². The molecule has 5 heteroatoms. The summed E-state index contributed by atoms with van der Waals surface area (Å²) in [7, 11) is 1.71. The number of ether oxygens (including phenoxy) is 1. The molecular formula is C19H21ClN2O2. The molecule has 2 atom stereocenters. The van der Waals surface area contributed by atoms with Crippen molar-refractivity contribution in [1.82, 2.24) is 9.78 Å². The highest BCUT2D eigenvalue weighted by Crippen LogP contribution is 2.68. The third-order valence-electron chi connectivity index (χ3n) is 6.07. The number of hydrogen-bond acceptors (Lipinski definition) is 3. The van der Waals surface area contributed by atoms with Crippen LogP contribution in [0.1, 0.15) is 59.7 Å². The molecule has 1 saturated carbocycles. The molecule has 0 amide bonds. The van der Waals surface area contributed by atoms with Crippen molar-refractivity contribution in [2.24, 2.45) is 12.5 Å². The predicted octanol–water partition coefficient (Wildman–Crippen LogP) is 4.35. The van der Waals surface area contributed by atoms with E-state index in [0.717, 1.165) is 18.4 Å². The highest BCUT2D eigenvalue weighted by atomic mass is 35.5. The first kappa shape index (κ1) is 15.7. The highest BCUT2D eigenvalue weighted by Gasteiger charge is 2.64. The van der Waals surface area contributed by atoms with Crippen molar-refractivity contribution >= 4 is 17.6 Å². The van der Waals surface area contributed by atoms with Crippen molar-refractivity contribution in [1.29, 1.82) is 0 Å². The lowest BCUT2D eigenvalue weighted by atomic mass is 9.76. The Morgan fingerprint density at radius 1 is 1.42 bits per heavy atom. The summed E-state index contributed by atoms with van der Waals surface area (Å²) < 4.78 is 7.67. The normalized spacial score (nSPS) is 26.5. The van der Waals surface area contributed by atoms with Crippen LogP contribution in [-0.2, 0) is 17.4 Å². The monoisotopic (exact) mass is 344 g/mol. The molecule has 1 aromatic carbocycles. The first-order valence-corrected chi connectivity index (χ1v) is 8.67. The zero-order valence-corrected chi connectivity index (χ0v) is 15.1. The van der Waals surface area contributed by atoms with E-state index in [1.165, 1.54) is 22.0 Å². The summed E-state index contributed by atoms with van der Waals surface area (Å²) in [5, 5.41) is 4.36. The number of fused-ring (bicyclic) bond motifs is 5. The Labute approximate surface area is 146 Å². The van der Waals surface area contributed by atoms with Gasteiger partial charge in [-0.05, 0) is 36.8 Å². The van der Waals surface area contributed by atoms with E-state index in [-0.39, 0.29) is 5.41 Å². The molecule has 0 aliphatic heterocycles. The number of aryl methyl sites for hydroxylation is 2. The molecule has 0 radical (unpaired) electrons. The second-order valence-electron chi connectivity index (χ2n) is 7.59. The van der Waals surface area contributed by atoms with E-state index in [4.69, 9.17) is 16.3 Å². The first-order valence-electron chi connectivity index (χ1n) is 8.30. The standard InChI is InChI=1S/C19H21ClN2O2/c1-11-5-6-12-14-7-8-19(15(12)9-11,18(14,2)3)24-17(23)13-10-21-22(4)16(13)20/h5-6,9-10,14H,7-8H2,1-4H3. The Bertz CT molecular complexity index is 855. The van der Waals surface area contributed by atoms with Crippen molar-refractivity contribution in [2.45, 2.75) is 45.1 Å². The maximum atomic E-state index is 12.8. The largest absolute Gasteiger partial charge is 0.450 e. The van der Waals surface area contributed by atoms with Crippen LogP contribution in [0.3, 0.4) is 0 Å². The summed E-state index contributed by atoms with van der Waals surface area (Å²) in [5.74, 6) is 0.0291. The van der Waals surface area contributed by atoms with Gasteiger partial charge in [0.05, 0.1) is 6.20 Å². The quantitative estimate of drug-likeness (QED) is 0.761. The van der Waals surface area contributed by atoms with Crippen molar-refractivity contribution < 1.29 is 9.53 Å². The average Bonchev–Trinajstić information content (AvgIpc) is 3.04. The van der Waals surface area contributed by atoms with Gasteiger partial charge in [0.15, 0.2) is 0 Å². The molecule has 1 heterocycles. The van der Waals surface area contributed by atoms with E-state index in [0.29, 0.717) is 16.6 Å². The Morgan fingerprint density at radius 3 is 2.83 bits per heavy atom. The number of nitrogens with zero attached hydrogens (tertiary/aromatic N) is 2. The van der Waals surface area contributed by atoms with E-state index < -0.39 is 11.6 Å². The number of carbonyl (C=O) groups is 1. The molecule has 0 spiro atoms. The topological polar surface area (TPSA) is 44.1 Å². The number of carbonyl (C=O) groups excluding carboxylic acids is 1. The summed E-state index contributed by atoms with van der Waals surface area (Å²) >= 11 is 6.18. The third kappa shape index (κ3) is 1.80. The van der Waals surface area contributed by atoms with E-state index in [2.05, 4.69) is 44.1 Å². The molecule has 2 aliphatic carbocycles. The maximum Gasteiger partial charge on any atom is 0.343 e. The van der Waals surface area contributed by atoms with Crippen LogP contribution >= 0.6 is 11.6 Å². The van der Waals surface area contributed by atoms with Gasteiger partial charge >= 0.3 is 5.97 Å². The fraction of sp³-hybridized carbons (Fsp3) is 0.474. The molecule has 0 N–H and O–H groups in total. The van der Waals surface area contributed by atoms with Crippen molar-refractivity contribution in [3.05, 3.63) is 51.8 Å². The van der Waals surface area contributed by atoms with E-state index >= 15 is 0 Å². The molecule has 2 aromatic rings. The fourth-order valence-corrected chi connectivity index (χ4v) is 4.84. The number of esters is 1. The minimum atomic E-state index is -0.588. The van der Waals surface area contributed by atoms with Crippen LogP contribution in [-0.4, -0.2) is 15.7 Å². The molecule has 1 fully saturated rings. The Hall–Kier alpha value is -1.81. The van der Waals surface area contributed by atoms with Crippen molar-refractivity contribution in [3.63, 3.8) is 0 Å². The van der Waals surface area contributed by atoms with E-state index in [9.17, 15) is 4.79 Å². The van der Waals surface area contributed by atoms with Crippen molar-refractivity contribution in [2.75, 3.05) is 0 Å². The van der Waals surface area contributed by atoms with Gasteiger partial charge in [0.1, 0.15) is 16.3 Å². The summed E-state index contributed by atoms with van der Waals surface area (Å²) in [4.78, 5) is 12.8. The fourth-order valence-electron chi connectivity index (χ4n) is 4.67. The van der Waals surface area contributed by atoms with Crippen LogP contribution in [0.5, 0.6) is 0 Å². The minimum Gasteiger partial charge on any atom is -0.450 e. The van der Waals surface area contributed by atoms with E-state index in [1.54, 1.807) is 7.05 Å². The van der Waals surface area contributed by atoms with Gasteiger partial charge < -0.3 is 4.74 Å². The van der Waals surface area contributed by atoms with Gasteiger partial charge in [0, 0.05) is 12.5 Å². The smallest absolute Gasteiger partial charge is 0.343 e. The Balaban J connectivity index is 1.80. The summed E-state index contributed by atoms with van der Waals surface area (Å²) in [6.45, 7) is 6.49. The third-order valence-corrected chi connectivity index (χ3v) is 6.52. The number of hydrogen-bond donors (Lipinski definition) is 0. The molecule has 2 unspecified atom stereocenters. The van der Waals surface area contributed by atoms with Crippen LogP contribution in [0.15, 0.2) is 24.4 Å². The molecule has 2 bridgehead atoms. The summed E-state index contributed by atoms with van der Waals surface area (Å²) in [6.07, 6.45) is 3.37. The zero-order chi connectivity index (χ0) is 17.3. The molecule has 1 aromatic heterocycles. The van der Waals surface area contributed by atoms with Crippen LogP contribution in [0.4, 0.5) is 0 Å². The second-order valence-corrected chi connectivity index (χ2v) is 7.95. The van der Waals surface area contributed by atoms with Gasteiger partial charge in [-0.25, -0.2) is 4.79 Å². The minimum absolute atomic E-state index is 0.131. The predicted molar refractivity (Wildman–Crippen MR) is 92.2 cm³/mol. The van der Waals surface area contributed by atoms with Gasteiger partial charge in [-0.3, -0.25) is 4.68 Å². The van der Waals surface area contributed by atoms with Crippen LogP contribution in [0, 0.1) is 12.3 Å². The lowest BCUT2D eigenvalue weighted by molar-refractivity contribution is -0.0682. The molecule has 2 aliphatic rings. The molecule has 4 rings (SSSR count). The van der Waals surface area contributed by atoms with Gasteiger partial charge in [-0.1, -0.05) is 49.2 Å². The Kier molecular flexibility index (Phi) is 3.17. The summed E-state index contributed by atoms with van der Waals surface area (Å²) in [5.41, 5.74) is 3.28. The first-order chi connectivity index (χ1) is 11.3. The number of halogens is 1. The molecule has 0 saturated heterocycles. The lowest BCUT2D eigenvalue weighted by Crippen LogP contribution is -2.39. The van der Waals surface area contributed by atoms with Crippen LogP contribution < -0.4 is 0 Å². The lowest BCUT2D eigenvalue weighted by Gasteiger charge is -2.38. The van der Waals surface area contributed by atoms with Crippen molar-refractivity contribution in [3.8, 4) is 0 Å². The SMILES string of the molecule is Cc1ccc2c(c1)C1(OC(=O)c3cnn(C)c3Cl)CCC2C1(C)C. The number of benzene rings is 1. The molecular weight excluding hydrogens is 324 g/mol. The molecule has 126 valence electrons. The molecule has 4 nitrogen and oxygen atoms in total. The second kappa shape index (κ2) is 4.85. The highest BCUT2D eigenvalue weighted by molar-refractivity contribution is 6.32. The number of aromatic nitrogens is 2. The van der Waals surface area contributed by atoms with Gasteiger partial charge in [0.25, 0.3) is 0 Å². The van der Waals surface area contributed by atoms with Gasteiger partial charge in [-0.15, -0.1) is 0 Å². The van der Waals surface area contributed by atoms with E-state index in [1.807, 2.05) is 0 Å². The molecule has 24 heavy (non-hydrogen) atoms. The summed E-state index contributed by atoms with van der Waals surface area (Å²) in [6, 6.07) is 6.51. The average molecular weight is 345 g/mol. The van der Waals surface area contributed by atoms with Gasteiger partial charge in [0.2, 0.25) is 0 Å².